The standard InChI is InChI=1S/C10H17N2O13P3S/c1-5-8(13)6(23-9(5)12-3-2-7(29)11-10(12)14)4-22-27(18,19)25-28(20,21)24-26(15,16)17/h2-3,5-6,8-9,13H,4H2,1H3,(H,18,19)(H,20,21)(H,11,14,29)(H2,15,16,17)/t5?,6?,8-,9-/m1/s1. The summed E-state index contributed by atoms with van der Waals surface area (Å²) in [7, 11) is -16.5. The van der Waals surface area contributed by atoms with Gasteiger partial charge < -0.3 is 29.4 Å². The van der Waals surface area contributed by atoms with Gasteiger partial charge in [-0.1, -0.05) is 19.1 Å². The van der Waals surface area contributed by atoms with Gasteiger partial charge in [0.25, 0.3) is 0 Å². The van der Waals surface area contributed by atoms with E-state index in [4.69, 9.17) is 31.6 Å². The SMILES string of the molecule is CC1[C@@H](O)C(COP(=O)(O)OP(=O)(O)OP(=O)(O)O)O[C@H]1n1ccc(=S)[nH]c1=O. The number of H-pyrrole nitrogens is 1. The quantitative estimate of drug-likeness (QED) is 0.207. The molecule has 166 valence electrons. The average Bonchev–Trinajstić information content (AvgIpc) is 2.78. The lowest BCUT2D eigenvalue weighted by Crippen LogP contribution is -2.30. The Balaban J connectivity index is 2.06. The molecule has 19 heteroatoms. The van der Waals surface area contributed by atoms with E-state index in [1.807, 2.05) is 0 Å². The fraction of sp³-hybridized carbons (Fsp3) is 0.600. The Hall–Kier alpha value is -0.570. The molecule has 2 heterocycles. The minimum Gasteiger partial charge on any atom is -0.390 e. The lowest BCUT2D eigenvalue weighted by Gasteiger charge is -2.19. The summed E-state index contributed by atoms with van der Waals surface area (Å²) >= 11 is 4.81. The normalized spacial score (nSPS) is 29.3. The average molecular weight is 498 g/mol. The summed E-state index contributed by atoms with van der Waals surface area (Å²) < 4.78 is 51.9. The van der Waals surface area contributed by atoms with Crippen molar-refractivity contribution in [2.24, 2.45) is 5.92 Å². The molecular formula is C10H17N2O13P3S. The van der Waals surface area contributed by atoms with Crippen LogP contribution in [0.15, 0.2) is 17.1 Å². The van der Waals surface area contributed by atoms with Crippen molar-refractivity contribution in [2.75, 3.05) is 6.61 Å². The second kappa shape index (κ2) is 8.89. The summed E-state index contributed by atoms with van der Waals surface area (Å²) in [4.78, 5) is 49.8. The lowest BCUT2D eigenvalue weighted by molar-refractivity contribution is -0.0467. The summed E-state index contributed by atoms with van der Waals surface area (Å²) in [6, 6.07) is 1.40. The van der Waals surface area contributed by atoms with Gasteiger partial charge >= 0.3 is 29.2 Å². The first-order valence-corrected chi connectivity index (χ1v) is 12.5. The molecule has 1 fully saturated rings. The Morgan fingerprint density at radius 2 is 1.83 bits per heavy atom. The van der Waals surface area contributed by atoms with Gasteiger partial charge in [-0.25, -0.2) is 18.5 Å². The van der Waals surface area contributed by atoms with E-state index >= 15 is 0 Å². The van der Waals surface area contributed by atoms with Gasteiger partial charge in [-0.3, -0.25) is 14.1 Å². The van der Waals surface area contributed by atoms with Crippen LogP contribution in [0.1, 0.15) is 13.2 Å². The van der Waals surface area contributed by atoms with Crippen molar-refractivity contribution < 1.29 is 56.3 Å². The molecule has 0 radical (unpaired) electrons. The molecule has 6 atom stereocenters. The van der Waals surface area contributed by atoms with E-state index in [0.29, 0.717) is 0 Å². The van der Waals surface area contributed by atoms with E-state index in [-0.39, 0.29) is 4.64 Å². The number of hydrogen-bond acceptors (Lipinski definition) is 10. The van der Waals surface area contributed by atoms with Crippen molar-refractivity contribution >= 4 is 35.7 Å². The summed E-state index contributed by atoms with van der Waals surface area (Å²) in [6.07, 6.45) is -2.24. The van der Waals surface area contributed by atoms with Crippen LogP contribution < -0.4 is 5.69 Å². The number of nitrogens with zero attached hydrogens (tertiary/aromatic N) is 1. The highest BCUT2D eigenvalue weighted by Crippen LogP contribution is 2.66. The molecule has 15 nitrogen and oxygen atoms in total. The summed E-state index contributed by atoms with van der Waals surface area (Å²) in [5.74, 6) is -0.688. The number of rotatable bonds is 8. The molecule has 29 heavy (non-hydrogen) atoms. The monoisotopic (exact) mass is 498 g/mol. The Bertz CT molecular complexity index is 1000. The molecule has 1 saturated heterocycles. The van der Waals surface area contributed by atoms with Gasteiger partial charge in [0.15, 0.2) is 0 Å². The maximum atomic E-state index is 12.0. The predicted octanol–water partition coefficient (Wildman–Crippen LogP) is 0.144. The first kappa shape index (κ1) is 24.7. The fourth-order valence-corrected chi connectivity index (χ4v) is 5.62. The molecule has 0 amide bonds. The van der Waals surface area contributed by atoms with E-state index in [0.717, 1.165) is 4.57 Å². The minimum atomic E-state index is -5.66. The van der Waals surface area contributed by atoms with Gasteiger partial charge in [0.05, 0.1) is 12.7 Å². The Morgan fingerprint density at radius 1 is 1.21 bits per heavy atom. The number of ether oxygens (including phenoxy) is 1. The number of aliphatic hydroxyl groups excluding tert-OH is 1. The number of aromatic nitrogens is 2. The van der Waals surface area contributed by atoms with E-state index in [1.54, 1.807) is 0 Å². The first-order valence-electron chi connectivity index (χ1n) is 7.53. The second-order valence-electron chi connectivity index (χ2n) is 5.82. The third-order valence-electron chi connectivity index (χ3n) is 3.63. The van der Waals surface area contributed by atoms with Gasteiger partial charge in [-0.2, -0.15) is 8.62 Å². The highest BCUT2D eigenvalue weighted by Gasteiger charge is 2.45. The molecule has 0 saturated carbocycles. The van der Waals surface area contributed by atoms with Crippen LogP contribution >= 0.6 is 35.7 Å². The van der Waals surface area contributed by atoms with Gasteiger partial charge in [0, 0.05) is 12.1 Å². The molecule has 1 aliphatic heterocycles. The van der Waals surface area contributed by atoms with Crippen LogP contribution in [0.2, 0.25) is 0 Å². The molecule has 6 N–H and O–H groups in total. The fourth-order valence-electron chi connectivity index (χ4n) is 2.45. The zero-order valence-corrected chi connectivity index (χ0v) is 17.9. The first-order chi connectivity index (χ1) is 13.1. The van der Waals surface area contributed by atoms with Crippen molar-refractivity contribution in [3.8, 4) is 0 Å². The van der Waals surface area contributed by atoms with E-state index < -0.39 is 60.1 Å². The molecule has 0 spiro atoms. The second-order valence-corrected chi connectivity index (χ2v) is 10.7. The van der Waals surface area contributed by atoms with Crippen LogP contribution in [0.5, 0.6) is 0 Å². The number of phosphoric acid groups is 3. The van der Waals surface area contributed by atoms with E-state index in [9.17, 15) is 28.5 Å². The number of phosphoric ester groups is 1. The molecular weight excluding hydrogens is 481 g/mol. The molecule has 4 unspecified atom stereocenters. The number of nitrogens with one attached hydrogen (secondary N) is 1. The molecule has 2 rings (SSSR count). The molecule has 1 aliphatic rings. The van der Waals surface area contributed by atoms with Crippen LogP contribution in [0.3, 0.4) is 0 Å². The largest absolute Gasteiger partial charge is 0.490 e. The van der Waals surface area contributed by atoms with Crippen LogP contribution in [0, 0.1) is 10.6 Å². The zero-order valence-electron chi connectivity index (χ0n) is 14.4. The Labute approximate surface area is 167 Å². The third-order valence-corrected chi connectivity index (χ3v) is 7.67. The smallest absolute Gasteiger partial charge is 0.390 e. The van der Waals surface area contributed by atoms with Crippen LogP contribution in [-0.4, -0.2) is 53.0 Å². The van der Waals surface area contributed by atoms with Crippen molar-refractivity contribution in [3.63, 3.8) is 0 Å². The van der Waals surface area contributed by atoms with Crippen molar-refractivity contribution in [1.82, 2.24) is 9.55 Å². The topological polar surface area (TPSA) is 227 Å². The summed E-state index contributed by atoms with van der Waals surface area (Å²) in [5, 5.41) is 10.2. The van der Waals surface area contributed by atoms with Crippen LogP contribution in [-0.2, 0) is 31.6 Å². The lowest BCUT2D eigenvalue weighted by atomic mass is 10.0. The predicted molar refractivity (Wildman–Crippen MR) is 94.8 cm³/mol. The maximum Gasteiger partial charge on any atom is 0.490 e. The highest BCUT2D eigenvalue weighted by molar-refractivity contribution is 7.71. The van der Waals surface area contributed by atoms with E-state index in [2.05, 4.69) is 18.1 Å². The molecule has 0 bridgehead atoms. The maximum absolute atomic E-state index is 12.0. The van der Waals surface area contributed by atoms with Gasteiger partial charge in [0.1, 0.15) is 17.0 Å². The molecule has 0 aliphatic carbocycles. The van der Waals surface area contributed by atoms with Crippen molar-refractivity contribution in [2.45, 2.75) is 25.4 Å². The van der Waals surface area contributed by atoms with Crippen LogP contribution in [0.4, 0.5) is 0 Å². The summed E-state index contributed by atoms with van der Waals surface area (Å²) in [6.45, 7) is 0.678. The van der Waals surface area contributed by atoms with Crippen molar-refractivity contribution in [1.29, 1.82) is 0 Å². The van der Waals surface area contributed by atoms with Gasteiger partial charge in [-0.15, -0.1) is 0 Å². The molecule has 0 aromatic carbocycles. The third kappa shape index (κ3) is 6.97. The number of aliphatic hydroxyl groups is 1. The molecule has 1 aromatic heterocycles. The summed E-state index contributed by atoms with van der Waals surface area (Å²) in [5.41, 5.74) is -0.630. The van der Waals surface area contributed by atoms with Crippen molar-refractivity contribution in [3.05, 3.63) is 27.4 Å². The number of aromatic amines is 1. The Kier molecular flexibility index (Phi) is 7.57. The van der Waals surface area contributed by atoms with Gasteiger partial charge in [0.2, 0.25) is 0 Å². The minimum absolute atomic E-state index is 0.168. The molecule has 1 aromatic rings. The van der Waals surface area contributed by atoms with E-state index in [1.165, 1.54) is 19.2 Å². The number of hydrogen-bond donors (Lipinski definition) is 6. The highest BCUT2D eigenvalue weighted by atomic mass is 32.1. The van der Waals surface area contributed by atoms with Crippen LogP contribution in [0.25, 0.3) is 0 Å². The zero-order chi connectivity index (χ0) is 22.2. The van der Waals surface area contributed by atoms with Gasteiger partial charge in [-0.05, 0) is 6.07 Å². The Morgan fingerprint density at radius 3 is 2.38 bits per heavy atom.